The van der Waals surface area contributed by atoms with Crippen LogP contribution in [0, 0.1) is 23.7 Å². The molecule has 3 heteroatoms. The molecule has 4 bridgehead atoms. The van der Waals surface area contributed by atoms with E-state index in [9.17, 15) is 0 Å². The summed E-state index contributed by atoms with van der Waals surface area (Å²) in [4.78, 5) is 0. The van der Waals surface area contributed by atoms with E-state index in [1.54, 1.807) is 0 Å². The normalized spacial score (nSPS) is 35.2. The molecule has 2 aromatic carbocycles. The Balaban J connectivity index is 1.44. The molecular weight excluding hydrogens is 372 g/mol. The van der Waals surface area contributed by atoms with Gasteiger partial charge in [-0.1, -0.05) is 49.2 Å². The van der Waals surface area contributed by atoms with Crippen LogP contribution in [0.4, 0.5) is 0 Å². The Kier molecular flexibility index (Phi) is 4.48. The Morgan fingerprint density at radius 3 is 1.34 bits per heavy atom. The van der Waals surface area contributed by atoms with Gasteiger partial charge in [0.25, 0.3) is 0 Å². The molecule has 0 heterocycles. The highest BCUT2D eigenvalue weighted by Gasteiger charge is 2.66. The van der Waals surface area contributed by atoms with Gasteiger partial charge in [-0.05, 0) is 86.5 Å². The lowest BCUT2D eigenvalue weighted by Crippen LogP contribution is -2.59. The van der Waals surface area contributed by atoms with Gasteiger partial charge in [-0.15, -0.1) is 0 Å². The topological polar surface area (TPSA) is 18.5 Å². The van der Waals surface area contributed by atoms with Crippen molar-refractivity contribution in [3.8, 4) is 11.5 Å². The maximum absolute atomic E-state index is 7.20. The lowest BCUT2D eigenvalue weighted by molar-refractivity contribution is 0.278. The van der Waals surface area contributed by atoms with E-state index >= 15 is 0 Å². The molecule has 0 N–H and O–H groups in total. The number of hydrogen-bond acceptors (Lipinski definition) is 2. The van der Waals surface area contributed by atoms with Crippen molar-refractivity contribution in [2.75, 3.05) is 0 Å². The molecule has 0 amide bonds. The molecule has 29 heavy (non-hydrogen) atoms. The number of rotatable bonds is 6. The average Bonchev–Trinajstić information content (AvgIpc) is 3.56. The van der Waals surface area contributed by atoms with E-state index in [1.807, 2.05) is 0 Å². The number of hydrogen-bond donors (Lipinski definition) is 0. The second-order valence-corrected chi connectivity index (χ2v) is 13.4. The summed E-state index contributed by atoms with van der Waals surface area (Å²) in [7, 11) is -2.52. The quantitative estimate of drug-likeness (QED) is 0.484. The van der Waals surface area contributed by atoms with E-state index in [2.05, 4.69) is 60.7 Å². The average molecular weight is 405 g/mol. The molecule has 6 atom stereocenters. The zero-order chi connectivity index (χ0) is 19.3. The molecule has 4 aliphatic rings. The summed E-state index contributed by atoms with van der Waals surface area (Å²) in [5, 5.41) is 0. The van der Waals surface area contributed by atoms with Crippen molar-refractivity contribution in [3.05, 3.63) is 60.7 Å². The van der Waals surface area contributed by atoms with E-state index in [0.717, 1.165) is 35.2 Å². The summed E-state index contributed by atoms with van der Waals surface area (Å²) >= 11 is 0. The molecule has 2 aromatic rings. The summed E-state index contributed by atoms with van der Waals surface area (Å²) in [6, 6.07) is 21.2. The molecule has 0 aliphatic heterocycles. The van der Waals surface area contributed by atoms with Crippen LogP contribution in [0.2, 0.25) is 11.1 Å². The van der Waals surface area contributed by atoms with Gasteiger partial charge in [0.15, 0.2) is 0 Å². The maximum atomic E-state index is 7.20. The van der Waals surface area contributed by atoms with Crippen molar-refractivity contribution in [1.29, 1.82) is 0 Å². The lowest BCUT2D eigenvalue weighted by Gasteiger charge is -2.45. The van der Waals surface area contributed by atoms with E-state index in [0.29, 0.717) is 11.1 Å². The molecule has 4 aliphatic carbocycles. The van der Waals surface area contributed by atoms with Crippen molar-refractivity contribution in [1.82, 2.24) is 0 Å². The third-order valence-corrected chi connectivity index (χ3v) is 13.1. The second kappa shape index (κ2) is 7.19. The summed E-state index contributed by atoms with van der Waals surface area (Å²) < 4.78 is 14.4. The molecule has 6 unspecified atom stereocenters. The van der Waals surface area contributed by atoms with Gasteiger partial charge in [-0.3, -0.25) is 0 Å². The van der Waals surface area contributed by atoms with Crippen molar-refractivity contribution in [3.63, 3.8) is 0 Å². The van der Waals surface area contributed by atoms with E-state index in [-0.39, 0.29) is 0 Å². The highest BCUT2D eigenvalue weighted by atomic mass is 28.4. The molecule has 0 aromatic heterocycles. The van der Waals surface area contributed by atoms with Crippen LogP contribution in [0.1, 0.15) is 51.4 Å². The SMILES string of the molecule is c1ccc(O[Si](Oc2ccccc2)(C2CC3CCC2C3)C2CC3CCC2C3)cc1. The Bertz CT molecular complexity index is 767. The first-order valence-electron chi connectivity index (χ1n) is 11.8. The summed E-state index contributed by atoms with van der Waals surface area (Å²) in [5.41, 5.74) is 1.29. The van der Waals surface area contributed by atoms with Crippen molar-refractivity contribution in [2.45, 2.75) is 62.4 Å². The predicted molar refractivity (Wildman–Crippen MR) is 118 cm³/mol. The fourth-order valence-electron chi connectivity index (χ4n) is 7.42. The van der Waals surface area contributed by atoms with E-state index < -0.39 is 8.56 Å². The molecule has 4 saturated carbocycles. The van der Waals surface area contributed by atoms with Gasteiger partial charge < -0.3 is 8.85 Å². The van der Waals surface area contributed by atoms with Gasteiger partial charge in [0, 0.05) is 11.1 Å². The van der Waals surface area contributed by atoms with Crippen LogP contribution in [0.25, 0.3) is 0 Å². The molecule has 0 spiro atoms. The molecule has 0 saturated heterocycles. The summed E-state index contributed by atoms with van der Waals surface area (Å²) in [5.74, 6) is 5.51. The molecule has 6 rings (SSSR count). The van der Waals surface area contributed by atoms with E-state index in [1.165, 1.54) is 51.4 Å². The van der Waals surface area contributed by atoms with Crippen LogP contribution in [0.3, 0.4) is 0 Å². The first kappa shape index (κ1) is 18.1. The first-order chi connectivity index (χ1) is 14.3. The van der Waals surface area contributed by atoms with E-state index in [4.69, 9.17) is 8.85 Å². The van der Waals surface area contributed by atoms with Crippen LogP contribution in [0.5, 0.6) is 11.5 Å². The highest BCUT2D eigenvalue weighted by molar-refractivity contribution is 6.72. The molecule has 4 fully saturated rings. The van der Waals surface area contributed by atoms with Crippen LogP contribution in [0.15, 0.2) is 60.7 Å². The Morgan fingerprint density at radius 2 is 1.00 bits per heavy atom. The van der Waals surface area contributed by atoms with Gasteiger partial charge in [0.2, 0.25) is 0 Å². The first-order valence-corrected chi connectivity index (χ1v) is 13.8. The maximum Gasteiger partial charge on any atom is 0.467 e. The van der Waals surface area contributed by atoms with Gasteiger partial charge in [0.1, 0.15) is 11.5 Å². The zero-order valence-electron chi connectivity index (χ0n) is 17.2. The van der Waals surface area contributed by atoms with Crippen LogP contribution >= 0.6 is 0 Å². The standard InChI is InChI=1S/C26H32O2Si/c1-3-7-23(8-4-1)27-29(28-24-9-5-2-6-10-24,25-17-19-11-13-21(25)15-19)26-18-20-12-14-22(26)16-20/h1-10,19-22,25-26H,11-18H2. The van der Waals surface area contributed by atoms with Crippen LogP contribution in [-0.2, 0) is 0 Å². The Morgan fingerprint density at radius 1 is 0.552 bits per heavy atom. The van der Waals surface area contributed by atoms with Crippen LogP contribution in [-0.4, -0.2) is 8.56 Å². The van der Waals surface area contributed by atoms with Crippen molar-refractivity contribution in [2.24, 2.45) is 23.7 Å². The minimum atomic E-state index is -2.52. The fourth-order valence-corrected chi connectivity index (χ4v) is 12.9. The minimum Gasteiger partial charge on any atom is -0.512 e. The second-order valence-electron chi connectivity index (χ2n) is 10.1. The van der Waals surface area contributed by atoms with Crippen LogP contribution < -0.4 is 8.85 Å². The third-order valence-electron chi connectivity index (χ3n) is 8.55. The smallest absolute Gasteiger partial charge is 0.467 e. The largest absolute Gasteiger partial charge is 0.512 e. The minimum absolute atomic E-state index is 0.644. The highest BCUT2D eigenvalue weighted by Crippen LogP contribution is 2.64. The predicted octanol–water partition coefficient (Wildman–Crippen LogP) is 6.97. The summed E-state index contributed by atoms with van der Waals surface area (Å²) in [6.45, 7) is 0. The van der Waals surface area contributed by atoms with Crippen molar-refractivity contribution < 1.29 is 8.85 Å². The monoisotopic (exact) mass is 404 g/mol. The third kappa shape index (κ3) is 3.13. The molecule has 0 radical (unpaired) electrons. The summed E-state index contributed by atoms with van der Waals surface area (Å²) in [6.07, 6.45) is 11.1. The lowest BCUT2D eigenvalue weighted by atomic mass is 9.99. The number of benzene rings is 2. The zero-order valence-corrected chi connectivity index (χ0v) is 18.2. The van der Waals surface area contributed by atoms with Gasteiger partial charge in [-0.2, -0.15) is 0 Å². The molecule has 152 valence electrons. The Hall–Kier alpha value is -1.74. The fraction of sp³-hybridized carbons (Fsp3) is 0.538. The van der Waals surface area contributed by atoms with Gasteiger partial charge >= 0.3 is 8.56 Å². The Labute approximate surface area is 175 Å². The molecule has 2 nitrogen and oxygen atoms in total. The van der Waals surface area contributed by atoms with Gasteiger partial charge in [-0.25, -0.2) is 0 Å². The number of para-hydroxylation sites is 2. The van der Waals surface area contributed by atoms with Gasteiger partial charge in [0.05, 0.1) is 0 Å². The number of fused-ring (bicyclic) bond motifs is 4. The van der Waals surface area contributed by atoms with Crippen molar-refractivity contribution >= 4 is 8.56 Å². The molecular formula is C26H32O2Si.